The van der Waals surface area contributed by atoms with Crippen LogP contribution in [0.3, 0.4) is 0 Å². The predicted molar refractivity (Wildman–Crippen MR) is 145 cm³/mol. The molecule has 0 aliphatic carbocycles. The number of carbonyl (C=O) groups excluding carboxylic acids is 1. The van der Waals surface area contributed by atoms with Crippen LogP contribution in [0.5, 0.6) is 0 Å². The Morgan fingerprint density at radius 1 is 0.906 bits per heavy atom. The van der Waals surface area contributed by atoms with Crippen molar-refractivity contribution in [3.8, 4) is 0 Å². The molecule has 32 heavy (non-hydrogen) atoms. The quantitative estimate of drug-likeness (QED) is 0.265. The molecule has 0 spiro atoms. The molecule has 6 nitrogen and oxygen atoms in total. The number of halogens is 1. The lowest BCUT2D eigenvalue weighted by Gasteiger charge is -2.18. The second-order valence-electron chi connectivity index (χ2n) is 7.73. The van der Waals surface area contributed by atoms with E-state index in [1.807, 2.05) is 24.3 Å². The van der Waals surface area contributed by atoms with Crippen molar-refractivity contribution < 1.29 is 4.79 Å². The Morgan fingerprint density at radius 3 is 2.16 bits per heavy atom. The Hall–Kier alpha value is -2.13. The topological polar surface area (TPSA) is 60.0 Å². The lowest BCUT2D eigenvalue weighted by atomic mass is 10.1. The van der Waals surface area contributed by atoms with Crippen molar-refractivity contribution in [2.45, 2.75) is 40.4 Å². The van der Waals surface area contributed by atoms with Crippen molar-refractivity contribution in [1.82, 2.24) is 20.4 Å². The Labute approximate surface area is 210 Å². The van der Waals surface area contributed by atoms with Crippen LogP contribution in [-0.4, -0.2) is 55.4 Å². The third-order valence-electron chi connectivity index (χ3n) is 5.12. The number of hydrogen-bond donors (Lipinski definition) is 2. The summed E-state index contributed by atoms with van der Waals surface area (Å²) in [6.07, 6.45) is 0. The monoisotopic (exact) mass is 551 g/mol. The molecule has 0 bridgehead atoms. The molecule has 7 heteroatoms. The molecule has 1 amide bonds. The summed E-state index contributed by atoms with van der Waals surface area (Å²) in [5.74, 6) is 0.794. The van der Waals surface area contributed by atoms with Gasteiger partial charge in [0.05, 0.1) is 6.54 Å². The van der Waals surface area contributed by atoms with E-state index in [-0.39, 0.29) is 29.9 Å². The van der Waals surface area contributed by atoms with Gasteiger partial charge in [0.25, 0.3) is 5.91 Å². The number of aliphatic imine (C=N–C) groups is 1. The number of rotatable bonds is 10. The van der Waals surface area contributed by atoms with Gasteiger partial charge in [0.15, 0.2) is 5.96 Å². The predicted octanol–water partition coefficient (Wildman–Crippen LogP) is 4.10. The smallest absolute Gasteiger partial charge is 0.253 e. The SMILES string of the molecule is CCNC(=NCc1cccc(CN(CC)CC)c1)NCc1ccc(C(=O)N(C)C)cc1.I. The van der Waals surface area contributed by atoms with Crippen molar-refractivity contribution in [3.05, 3.63) is 70.8 Å². The molecule has 0 aliphatic rings. The maximum Gasteiger partial charge on any atom is 0.253 e. The Bertz CT molecular complexity index is 848. The number of guanidine groups is 1. The molecule has 0 radical (unpaired) electrons. The largest absolute Gasteiger partial charge is 0.357 e. The van der Waals surface area contributed by atoms with Gasteiger partial charge >= 0.3 is 0 Å². The minimum atomic E-state index is 0. The van der Waals surface area contributed by atoms with E-state index in [0.29, 0.717) is 18.7 Å². The van der Waals surface area contributed by atoms with E-state index < -0.39 is 0 Å². The first-order valence-corrected chi connectivity index (χ1v) is 11.1. The third-order valence-corrected chi connectivity index (χ3v) is 5.12. The number of carbonyl (C=O) groups is 1. The normalized spacial score (nSPS) is 11.1. The van der Waals surface area contributed by atoms with Gasteiger partial charge in [-0.05, 0) is 48.8 Å². The average molecular weight is 552 g/mol. The van der Waals surface area contributed by atoms with Gasteiger partial charge in [0, 0.05) is 39.3 Å². The van der Waals surface area contributed by atoms with E-state index in [9.17, 15) is 4.79 Å². The van der Waals surface area contributed by atoms with Crippen LogP contribution in [0.15, 0.2) is 53.5 Å². The van der Waals surface area contributed by atoms with E-state index >= 15 is 0 Å². The average Bonchev–Trinajstić information content (AvgIpc) is 2.79. The van der Waals surface area contributed by atoms with Crippen LogP contribution in [0, 0.1) is 0 Å². The number of amides is 1. The van der Waals surface area contributed by atoms with E-state index in [1.54, 1.807) is 19.0 Å². The zero-order valence-electron chi connectivity index (χ0n) is 20.0. The number of hydrogen-bond acceptors (Lipinski definition) is 3. The zero-order valence-corrected chi connectivity index (χ0v) is 22.3. The van der Waals surface area contributed by atoms with Gasteiger partial charge in [-0.1, -0.05) is 50.2 Å². The molecule has 0 saturated heterocycles. The third kappa shape index (κ3) is 9.16. The molecular formula is C25H38IN5O. The summed E-state index contributed by atoms with van der Waals surface area (Å²) in [6, 6.07) is 16.3. The first kappa shape index (κ1) is 27.9. The molecule has 0 atom stereocenters. The Morgan fingerprint density at radius 2 is 1.56 bits per heavy atom. The molecule has 2 N–H and O–H groups in total. The molecule has 0 unspecified atom stereocenters. The van der Waals surface area contributed by atoms with Crippen LogP contribution < -0.4 is 10.6 Å². The number of nitrogens with zero attached hydrogens (tertiary/aromatic N) is 3. The van der Waals surface area contributed by atoms with Crippen molar-refractivity contribution in [1.29, 1.82) is 0 Å². The van der Waals surface area contributed by atoms with E-state index in [2.05, 4.69) is 60.6 Å². The molecule has 0 aliphatic heterocycles. The summed E-state index contributed by atoms with van der Waals surface area (Å²) in [6.45, 7) is 11.6. The van der Waals surface area contributed by atoms with Crippen molar-refractivity contribution in [3.63, 3.8) is 0 Å². The summed E-state index contributed by atoms with van der Waals surface area (Å²) < 4.78 is 0. The first-order chi connectivity index (χ1) is 15.0. The maximum absolute atomic E-state index is 12.0. The summed E-state index contributed by atoms with van der Waals surface area (Å²) in [4.78, 5) is 20.8. The molecular weight excluding hydrogens is 513 g/mol. The fraction of sp³-hybridized carbons (Fsp3) is 0.440. The van der Waals surface area contributed by atoms with Gasteiger partial charge in [0.2, 0.25) is 0 Å². The van der Waals surface area contributed by atoms with Crippen LogP contribution in [0.25, 0.3) is 0 Å². The highest BCUT2D eigenvalue weighted by molar-refractivity contribution is 14.0. The molecule has 2 rings (SSSR count). The lowest BCUT2D eigenvalue weighted by Crippen LogP contribution is -2.36. The first-order valence-electron chi connectivity index (χ1n) is 11.1. The fourth-order valence-corrected chi connectivity index (χ4v) is 3.25. The molecule has 2 aromatic carbocycles. The fourth-order valence-electron chi connectivity index (χ4n) is 3.25. The number of benzene rings is 2. The standard InChI is InChI=1S/C25H37N5O.HI/c1-6-26-25(27-17-20-12-14-23(15-13-20)24(31)29(4)5)28-18-21-10-9-11-22(16-21)19-30(7-2)8-3;/h9-16H,6-8,17-19H2,1-5H3,(H2,26,27,28);1H. The molecule has 2 aromatic rings. The molecule has 0 fully saturated rings. The van der Waals surface area contributed by atoms with Crippen LogP contribution >= 0.6 is 24.0 Å². The Kier molecular flexibility index (Phi) is 12.9. The minimum absolute atomic E-state index is 0. The summed E-state index contributed by atoms with van der Waals surface area (Å²) in [7, 11) is 3.52. The maximum atomic E-state index is 12.0. The van der Waals surface area contributed by atoms with E-state index in [1.165, 1.54) is 11.1 Å². The van der Waals surface area contributed by atoms with Gasteiger partial charge in [0.1, 0.15) is 0 Å². The van der Waals surface area contributed by atoms with Crippen LogP contribution in [0.4, 0.5) is 0 Å². The number of nitrogens with one attached hydrogen (secondary N) is 2. The van der Waals surface area contributed by atoms with Crippen LogP contribution in [0.1, 0.15) is 47.8 Å². The van der Waals surface area contributed by atoms with Crippen molar-refractivity contribution in [2.24, 2.45) is 4.99 Å². The summed E-state index contributed by atoms with van der Waals surface area (Å²) in [5, 5.41) is 6.68. The van der Waals surface area contributed by atoms with E-state index in [0.717, 1.165) is 37.7 Å². The second-order valence-corrected chi connectivity index (χ2v) is 7.73. The van der Waals surface area contributed by atoms with Gasteiger partial charge < -0.3 is 15.5 Å². The van der Waals surface area contributed by atoms with Crippen molar-refractivity contribution in [2.75, 3.05) is 33.7 Å². The van der Waals surface area contributed by atoms with Gasteiger partial charge in [-0.25, -0.2) is 4.99 Å². The summed E-state index contributed by atoms with van der Waals surface area (Å²) >= 11 is 0. The van der Waals surface area contributed by atoms with Crippen molar-refractivity contribution >= 4 is 35.8 Å². The highest BCUT2D eigenvalue weighted by Gasteiger charge is 2.07. The molecule has 0 heterocycles. The van der Waals surface area contributed by atoms with Gasteiger partial charge in [-0.15, -0.1) is 24.0 Å². The van der Waals surface area contributed by atoms with E-state index in [4.69, 9.17) is 4.99 Å². The molecule has 176 valence electrons. The van der Waals surface area contributed by atoms with Gasteiger partial charge in [-0.2, -0.15) is 0 Å². The van der Waals surface area contributed by atoms with Crippen LogP contribution in [-0.2, 0) is 19.6 Å². The second kappa shape index (κ2) is 14.8. The van der Waals surface area contributed by atoms with Crippen LogP contribution in [0.2, 0.25) is 0 Å². The highest BCUT2D eigenvalue weighted by Crippen LogP contribution is 2.10. The van der Waals surface area contributed by atoms with Gasteiger partial charge in [-0.3, -0.25) is 9.69 Å². The summed E-state index contributed by atoms with van der Waals surface area (Å²) in [5.41, 5.74) is 4.32. The minimum Gasteiger partial charge on any atom is -0.357 e. The molecule has 0 aromatic heterocycles. The lowest BCUT2D eigenvalue weighted by molar-refractivity contribution is 0.0827. The highest BCUT2D eigenvalue weighted by atomic mass is 127. The Balaban J connectivity index is 0.00000512. The molecule has 0 saturated carbocycles. The zero-order chi connectivity index (χ0) is 22.6.